The highest BCUT2D eigenvalue weighted by atomic mass is 19.1. The van der Waals surface area contributed by atoms with Gasteiger partial charge in [0.15, 0.2) is 5.82 Å². The highest BCUT2D eigenvalue weighted by Gasteiger charge is 2.41. The number of amides is 1. The van der Waals surface area contributed by atoms with Gasteiger partial charge >= 0.3 is 0 Å². The van der Waals surface area contributed by atoms with Crippen molar-refractivity contribution in [2.24, 2.45) is 5.73 Å². The summed E-state index contributed by atoms with van der Waals surface area (Å²) in [5, 5.41) is 15.5. The van der Waals surface area contributed by atoms with E-state index in [1.165, 1.54) is 23.1 Å². The minimum Gasteiger partial charge on any atom is -0.368 e. The molecule has 1 amide bonds. The van der Waals surface area contributed by atoms with Gasteiger partial charge in [0.2, 0.25) is 0 Å². The lowest BCUT2D eigenvalue weighted by Crippen LogP contribution is -2.42. The Morgan fingerprint density at radius 2 is 2.15 bits per heavy atom. The number of nitrogens with two attached hydrogens (primary N) is 1. The highest BCUT2D eigenvalue weighted by Crippen LogP contribution is 2.43. The number of carbonyl (C=O) groups is 1. The predicted octanol–water partition coefficient (Wildman–Crippen LogP) is 1.83. The van der Waals surface area contributed by atoms with Gasteiger partial charge in [-0.2, -0.15) is 5.10 Å². The van der Waals surface area contributed by atoms with Crippen molar-refractivity contribution in [1.29, 1.82) is 0 Å². The first kappa shape index (κ1) is 17.1. The molecular weight excluding hydrogens is 349 g/mol. The molecule has 1 saturated carbocycles. The lowest BCUT2D eigenvalue weighted by molar-refractivity contribution is 0.100. The lowest BCUT2D eigenvalue weighted by atomic mass is 9.66. The number of rotatable bonds is 6. The minimum atomic E-state index is -0.556. The molecule has 3 aromatic rings. The number of nitrogens with zero attached hydrogens (tertiary/aromatic N) is 5. The molecule has 0 unspecified atom stereocenters. The van der Waals surface area contributed by atoms with Crippen molar-refractivity contribution in [2.75, 3.05) is 11.9 Å². The van der Waals surface area contributed by atoms with Crippen LogP contribution in [0.4, 0.5) is 10.2 Å². The maximum absolute atomic E-state index is 14.2. The standard InChI is InChI=1S/C18H18FN7O/c19-13-3-1-8-21-16(13)18(6-2-7-18)11-22-14-4-5-15(25-24-14)26-10-12(9-23-26)17(20)27/h1,3-5,8-10H,2,6-7,11H2,(H2,20,27)(H,22,24). The van der Waals surface area contributed by atoms with Gasteiger partial charge in [0, 0.05) is 24.4 Å². The minimum absolute atomic E-state index is 0.274. The molecule has 138 valence electrons. The van der Waals surface area contributed by atoms with E-state index in [0.717, 1.165) is 19.3 Å². The first-order valence-corrected chi connectivity index (χ1v) is 8.61. The van der Waals surface area contributed by atoms with Crippen molar-refractivity contribution < 1.29 is 9.18 Å². The van der Waals surface area contributed by atoms with Crippen molar-refractivity contribution >= 4 is 11.7 Å². The predicted molar refractivity (Wildman–Crippen MR) is 95.9 cm³/mol. The van der Waals surface area contributed by atoms with E-state index in [9.17, 15) is 9.18 Å². The first-order valence-electron chi connectivity index (χ1n) is 8.61. The van der Waals surface area contributed by atoms with Crippen molar-refractivity contribution in [3.8, 4) is 5.82 Å². The van der Waals surface area contributed by atoms with Gasteiger partial charge in [-0.15, -0.1) is 10.2 Å². The van der Waals surface area contributed by atoms with E-state index < -0.39 is 5.91 Å². The number of aromatic nitrogens is 5. The second-order valence-electron chi connectivity index (χ2n) is 6.64. The Hall–Kier alpha value is -3.36. The van der Waals surface area contributed by atoms with Crippen molar-refractivity contribution in [3.05, 3.63) is 59.9 Å². The zero-order valence-corrected chi connectivity index (χ0v) is 14.5. The molecule has 4 rings (SSSR count). The summed E-state index contributed by atoms with van der Waals surface area (Å²) in [6, 6.07) is 6.53. The third-order valence-corrected chi connectivity index (χ3v) is 4.93. The Morgan fingerprint density at radius 1 is 1.30 bits per heavy atom. The molecule has 27 heavy (non-hydrogen) atoms. The van der Waals surface area contributed by atoms with E-state index in [-0.39, 0.29) is 11.2 Å². The fraction of sp³-hybridized carbons (Fsp3) is 0.278. The maximum atomic E-state index is 14.2. The third-order valence-electron chi connectivity index (χ3n) is 4.93. The molecule has 0 saturated heterocycles. The molecule has 0 bridgehead atoms. The summed E-state index contributed by atoms with van der Waals surface area (Å²) >= 11 is 0. The normalized spacial score (nSPS) is 15.1. The summed E-state index contributed by atoms with van der Waals surface area (Å²) in [5.41, 5.74) is 5.70. The highest BCUT2D eigenvalue weighted by molar-refractivity contribution is 5.92. The Kier molecular flexibility index (Phi) is 4.27. The number of nitrogens with one attached hydrogen (secondary N) is 1. The van der Waals surface area contributed by atoms with Crippen LogP contribution in [0.15, 0.2) is 42.9 Å². The van der Waals surface area contributed by atoms with E-state index in [1.807, 2.05) is 0 Å². The second-order valence-corrected chi connectivity index (χ2v) is 6.64. The average Bonchev–Trinajstić information content (AvgIpc) is 3.13. The molecule has 1 fully saturated rings. The van der Waals surface area contributed by atoms with Gasteiger partial charge in [0.25, 0.3) is 5.91 Å². The molecule has 3 N–H and O–H groups in total. The van der Waals surface area contributed by atoms with Crippen LogP contribution in [0.5, 0.6) is 0 Å². The van der Waals surface area contributed by atoms with Crippen LogP contribution in [-0.2, 0) is 5.41 Å². The molecule has 1 aliphatic carbocycles. The number of hydrogen-bond acceptors (Lipinski definition) is 6. The quantitative estimate of drug-likeness (QED) is 0.687. The first-order chi connectivity index (χ1) is 13.1. The van der Waals surface area contributed by atoms with E-state index in [0.29, 0.717) is 29.4 Å². The average molecular weight is 367 g/mol. The van der Waals surface area contributed by atoms with Gasteiger partial charge in [0.1, 0.15) is 11.6 Å². The lowest BCUT2D eigenvalue weighted by Gasteiger charge is -2.41. The summed E-state index contributed by atoms with van der Waals surface area (Å²) in [7, 11) is 0. The molecule has 9 heteroatoms. The summed E-state index contributed by atoms with van der Waals surface area (Å²) in [6.45, 7) is 0.530. The molecule has 0 aliphatic heterocycles. The zero-order valence-electron chi connectivity index (χ0n) is 14.5. The molecule has 0 radical (unpaired) electrons. The van der Waals surface area contributed by atoms with E-state index in [4.69, 9.17) is 5.73 Å². The van der Waals surface area contributed by atoms with E-state index in [2.05, 4.69) is 25.6 Å². The third kappa shape index (κ3) is 3.23. The molecule has 3 heterocycles. The van der Waals surface area contributed by atoms with Crippen LogP contribution in [0.25, 0.3) is 5.82 Å². The van der Waals surface area contributed by atoms with Crippen LogP contribution in [0, 0.1) is 5.82 Å². The van der Waals surface area contributed by atoms with Crippen LogP contribution in [0.3, 0.4) is 0 Å². The number of anilines is 1. The van der Waals surface area contributed by atoms with Crippen LogP contribution < -0.4 is 11.1 Å². The molecule has 1 aliphatic rings. The van der Waals surface area contributed by atoms with Gasteiger partial charge < -0.3 is 11.1 Å². The molecule has 8 nitrogen and oxygen atoms in total. The van der Waals surface area contributed by atoms with Crippen LogP contribution in [0.1, 0.15) is 35.3 Å². The second kappa shape index (κ2) is 6.75. The fourth-order valence-electron chi connectivity index (χ4n) is 3.25. The van der Waals surface area contributed by atoms with E-state index >= 15 is 0 Å². The van der Waals surface area contributed by atoms with Crippen LogP contribution in [-0.4, -0.2) is 37.4 Å². The summed E-state index contributed by atoms with van der Waals surface area (Å²) in [5.74, 6) is 0.204. The molecule has 0 spiro atoms. The molecular formula is C18H18FN7O. The van der Waals surface area contributed by atoms with Crippen molar-refractivity contribution in [1.82, 2.24) is 25.0 Å². The zero-order chi connectivity index (χ0) is 18.9. The number of hydrogen-bond donors (Lipinski definition) is 2. The van der Waals surface area contributed by atoms with Crippen molar-refractivity contribution in [2.45, 2.75) is 24.7 Å². The fourth-order valence-corrected chi connectivity index (χ4v) is 3.25. The van der Waals surface area contributed by atoms with Gasteiger partial charge in [-0.3, -0.25) is 9.78 Å². The number of halogens is 1. The molecule has 3 aromatic heterocycles. The molecule has 0 aromatic carbocycles. The van der Waals surface area contributed by atoms with Gasteiger partial charge in [-0.25, -0.2) is 9.07 Å². The summed E-state index contributed by atoms with van der Waals surface area (Å²) in [4.78, 5) is 15.4. The monoisotopic (exact) mass is 367 g/mol. The smallest absolute Gasteiger partial charge is 0.251 e. The Labute approximate surface area is 154 Å². The van der Waals surface area contributed by atoms with Gasteiger partial charge in [-0.1, -0.05) is 6.42 Å². The Balaban J connectivity index is 1.47. The SMILES string of the molecule is NC(=O)c1cnn(-c2ccc(NCC3(c4ncccc4F)CCC3)nn2)c1. The summed E-state index contributed by atoms with van der Waals surface area (Å²) < 4.78 is 15.6. The van der Waals surface area contributed by atoms with Gasteiger partial charge in [-0.05, 0) is 37.1 Å². The van der Waals surface area contributed by atoms with Crippen LogP contribution >= 0.6 is 0 Å². The Bertz CT molecular complexity index is 966. The Morgan fingerprint density at radius 3 is 2.74 bits per heavy atom. The number of carbonyl (C=O) groups excluding carboxylic acids is 1. The van der Waals surface area contributed by atoms with Crippen molar-refractivity contribution in [3.63, 3.8) is 0 Å². The number of pyridine rings is 1. The molecule has 0 atom stereocenters. The maximum Gasteiger partial charge on any atom is 0.251 e. The summed E-state index contributed by atoms with van der Waals surface area (Å²) in [6.07, 6.45) is 7.29. The topological polar surface area (TPSA) is 112 Å². The number of primary amides is 1. The van der Waals surface area contributed by atoms with Gasteiger partial charge in [0.05, 0.1) is 17.5 Å². The largest absolute Gasteiger partial charge is 0.368 e. The van der Waals surface area contributed by atoms with Crippen LogP contribution in [0.2, 0.25) is 0 Å². The van der Waals surface area contributed by atoms with E-state index in [1.54, 1.807) is 24.4 Å².